The number of nitrogens with one attached hydrogen (secondary N) is 1. The summed E-state index contributed by atoms with van der Waals surface area (Å²) in [6.07, 6.45) is 1.89. The lowest BCUT2D eigenvalue weighted by Crippen LogP contribution is -2.23. The maximum absolute atomic E-state index is 12.0. The van der Waals surface area contributed by atoms with Gasteiger partial charge in [0, 0.05) is 11.8 Å². The van der Waals surface area contributed by atoms with Crippen molar-refractivity contribution < 1.29 is 4.79 Å². The third-order valence-corrected chi connectivity index (χ3v) is 3.13. The molecule has 0 bridgehead atoms. The molecule has 1 aromatic carbocycles. The molecule has 0 unspecified atom stereocenters. The number of rotatable bonds is 3. The topological polar surface area (TPSA) is 46.4 Å². The molecule has 2 heterocycles. The fourth-order valence-electron chi connectivity index (χ4n) is 2.14. The van der Waals surface area contributed by atoms with Crippen LogP contribution < -0.4 is 5.32 Å². The summed E-state index contributed by atoms with van der Waals surface area (Å²) in [5, 5.41) is 7.29. The zero-order valence-corrected chi connectivity index (χ0v) is 11.2. The van der Waals surface area contributed by atoms with Crippen LogP contribution in [0.2, 0.25) is 0 Å². The van der Waals surface area contributed by atoms with Crippen LogP contribution >= 0.6 is 0 Å². The van der Waals surface area contributed by atoms with Crippen LogP contribution in [0.3, 0.4) is 0 Å². The largest absolute Gasteiger partial charge is 0.346 e. The molecule has 3 rings (SSSR count). The average molecular weight is 265 g/mol. The SMILES string of the molecule is Cc1cccc(C(=O)NCc2cc3ccccn3n2)c1. The highest BCUT2D eigenvalue weighted by Crippen LogP contribution is 2.07. The van der Waals surface area contributed by atoms with Gasteiger partial charge < -0.3 is 5.32 Å². The van der Waals surface area contributed by atoms with Crippen molar-refractivity contribution in [3.05, 3.63) is 71.5 Å². The first-order valence-electron chi connectivity index (χ1n) is 6.50. The Morgan fingerprint density at radius 3 is 2.90 bits per heavy atom. The molecule has 0 spiro atoms. The predicted octanol–water partition coefficient (Wildman–Crippen LogP) is 2.57. The number of carbonyl (C=O) groups excluding carboxylic acids is 1. The Bertz CT molecular complexity index is 728. The smallest absolute Gasteiger partial charge is 0.251 e. The van der Waals surface area contributed by atoms with Gasteiger partial charge in [-0.15, -0.1) is 0 Å². The monoisotopic (exact) mass is 265 g/mol. The first-order chi connectivity index (χ1) is 9.72. The van der Waals surface area contributed by atoms with Crippen molar-refractivity contribution in [2.75, 3.05) is 0 Å². The number of aromatic nitrogens is 2. The van der Waals surface area contributed by atoms with E-state index in [2.05, 4.69) is 10.4 Å². The van der Waals surface area contributed by atoms with Crippen molar-refractivity contribution in [3.63, 3.8) is 0 Å². The Morgan fingerprint density at radius 1 is 1.20 bits per heavy atom. The van der Waals surface area contributed by atoms with E-state index in [4.69, 9.17) is 0 Å². The summed E-state index contributed by atoms with van der Waals surface area (Å²) in [5.41, 5.74) is 3.61. The van der Waals surface area contributed by atoms with Crippen molar-refractivity contribution >= 4 is 11.4 Å². The third kappa shape index (κ3) is 2.54. The Labute approximate surface area is 117 Å². The van der Waals surface area contributed by atoms with E-state index < -0.39 is 0 Å². The van der Waals surface area contributed by atoms with Gasteiger partial charge in [-0.05, 0) is 37.3 Å². The molecule has 0 saturated heterocycles. The molecule has 2 aromatic heterocycles. The van der Waals surface area contributed by atoms with Gasteiger partial charge in [0.15, 0.2) is 0 Å². The van der Waals surface area contributed by atoms with Gasteiger partial charge in [0.25, 0.3) is 5.91 Å². The van der Waals surface area contributed by atoms with E-state index in [0.717, 1.165) is 16.8 Å². The average Bonchev–Trinajstić information content (AvgIpc) is 2.87. The molecular formula is C16H15N3O. The van der Waals surface area contributed by atoms with Crippen molar-refractivity contribution in [2.24, 2.45) is 0 Å². The lowest BCUT2D eigenvalue weighted by atomic mass is 10.1. The fraction of sp³-hybridized carbons (Fsp3) is 0.125. The zero-order valence-electron chi connectivity index (χ0n) is 11.2. The summed E-state index contributed by atoms with van der Waals surface area (Å²) >= 11 is 0. The molecule has 1 N–H and O–H groups in total. The van der Waals surface area contributed by atoms with Crippen LogP contribution in [0.5, 0.6) is 0 Å². The molecule has 0 saturated carbocycles. The van der Waals surface area contributed by atoms with Crippen LogP contribution in [-0.4, -0.2) is 15.5 Å². The lowest BCUT2D eigenvalue weighted by Gasteiger charge is -2.03. The third-order valence-electron chi connectivity index (χ3n) is 3.13. The van der Waals surface area contributed by atoms with Gasteiger partial charge in [-0.2, -0.15) is 5.10 Å². The molecule has 20 heavy (non-hydrogen) atoms. The number of nitrogens with zero attached hydrogens (tertiary/aromatic N) is 2. The van der Waals surface area contributed by atoms with Crippen molar-refractivity contribution in [1.29, 1.82) is 0 Å². The molecule has 0 aliphatic carbocycles. The Morgan fingerprint density at radius 2 is 2.10 bits per heavy atom. The van der Waals surface area contributed by atoms with Gasteiger partial charge in [-0.25, -0.2) is 4.52 Å². The van der Waals surface area contributed by atoms with Crippen LogP contribution in [0.1, 0.15) is 21.6 Å². The summed E-state index contributed by atoms with van der Waals surface area (Å²) < 4.78 is 1.80. The lowest BCUT2D eigenvalue weighted by molar-refractivity contribution is 0.0950. The van der Waals surface area contributed by atoms with Gasteiger partial charge in [0.05, 0.1) is 17.8 Å². The number of aryl methyl sites for hydroxylation is 1. The van der Waals surface area contributed by atoms with E-state index in [-0.39, 0.29) is 5.91 Å². The van der Waals surface area contributed by atoms with E-state index in [1.165, 1.54) is 0 Å². The fourth-order valence-corrected chi connectivity index (χ4v) is 2.14. The zero-order chi connectivity index (χ0) is 13.9. The Balaban J connectivity index is 1.71. The highest BCUT2D eigenvalue weighted by Gasteiger charge is 2.06. The number of fused-ring (bicyclic) bond motifs is 1. The van der Waals surface area contributed by atoms with E-state index in [9.17, 15) is 4.79 Å². The molecule has 0 aliphatic heterocycles. The second-order valence-corrected chi connectivity index (χ2v) is 4.76. The molecule has 0 fully saturated rings. The molecule has 0 atom stereocenters. The summed E-state index contributed by atoms with van der Waals surface area (Å²) in [7, 11) is 0. The predicted molar refractivity (Wildman–Crippen MR) is 77.5 cm³/mol. The van der Waals surface area contributed by atoms with Crippen molar-refractivity contribution in [1.82, 2.24) is 14.9 Å². The molecule has 0 aliphatic rings. The van der Waals surface area contributed by atoms with Gasteiger partial charge in [-0.1, -0.05) is 23.8 Å². The number of amides is 1. The highest BCUT2D eigenvalue weighted by atomic mass is 16.1. The summed E-state index contributed by atoms with van der Waals surface area (Å²) in [4.78, 5) is 12.0. The quantitative estimate of drug-likeness (QED) is 0.791. The maximum atomic E-state index is 12.0. The first kappa shape index (κ1) is 12.4. The minimum Gasteiger partial charge on any atom is -0.346 e. The Hall–Kier alpha value is -2.62. The van der Waals surface area contributed by atoms with Gasteiger partial charge in [-0.3, -0.25) is 4.79 Å². The minimum atomic E-state index is -0.0780. The van der Waals surface area contributed by atoms with E-state index in [1.807, 2.05) is 61.7 Å². The number of hydrogen-bond acceptors (Lipinski definition) is 2. The maximum Gasteiger partial charge on any atom is 0.251 e. The molecule has 100 valence electrons. The van der Waals surface area contributed by atoms with Gasteiger partial charge in [0.2, 0.25) is 0 Å². The van der Waals surface area contributed by atoms with E-state index in [1.54, 1.807) is 4.52 Å². The summed E-state index contributed by atoms with van der Waals surface area (Å²) in [6, 6.07) is 15.4. The van der Waals surface area contributed by atoms with Crippen LogP contribution in [0.15, 0.2) is 54.7 Å². The molecule has 1 amide bonds. The molecular weight excluding hydrogens is 250 g/mol. The molecule has 0 radical (unpaired) electrons. The number of hydrogen-bond donors (Lipinski definition) is 1. The molecule has 4 nitrogen and oxygen atoms in total. The minimum absolute atomic E-state index is 0.0780. The van der Waals surface area contributed by atoms with Crippen molar-refractivity contribution in [3.8, 4) is 0 Å². The van der Waals surface area contributed by atoms with Crippen LogP contribution in [-0.2, 0) is 6.54 Å². The summed E-state index contributed by atoms with van der Waals surface area (Å²) in [5.74, 6) is -0.0780. The van der Waals surface area contributed by atoms with Crippen LogP contribution in [0, 0.1) is 6.92 Å². The second kappa shape index (κ2) is 5.17. The number of pyridine rings is 1. The van der Waals surface area contributed by atoms with Gasteiger partial charge in [0.1, 0.15) is 0 Å². The standard InChI is InChI=1S/C16H15N3O/c1-12-5-4-6-13(9-12)16(20)17-11-14-10-15-7-2-3-8-19(15)18-14/h2-10H,11H2,1H3,(H,17,20). The summed E-state index contributed by atoms with van der Waals surface area (Å²) in [6.45, 7) is 2.40. The van der Waals surface area contributed by atoms with Crippen LogP contribution in [0.4, 0.5) is 0 Å². The Kier molecular flexibility index (Phi) is 3.21. The van der Waals surface area contributed by atoms with Crippen LogP contribution in [0.25, 0.3) is 5.52 Å². The van der Waals surface area contributed by atoms with Crippen molar-refractivity contribution in [2.45, 2.75) is 13.5 Å². The van der Waals surface area contributed by atoms with Gasteiger partial charge >= 0.3 is 0 Å². The molecule has 4 heteroatoms. The highest BCUT2D eigenvalue weighted by molar-refractivity contribution is 5.94. The first-order valence-corrected chi connectivity index (χ1v) is 6.50. The number of carbonyl (C=O) groups is 1. The molecule has 3 aromatic rings. The van der Waals surface area contributed by atoms with E-state index in [0.29, 0.717) is 12.1 Å². The van der Waals surface area contributed by atoms with E-state index >= 15 is 0 Å². The number of benzene rings is 1. The normalized spacial score (nSPS) is 10.7. The second-order valence-electron chi connectivity index (χ2n) is 4.76.